The summed E-state index contributed by atoms with van der Waals surface area (Å²) in [6.07, 6.45) is 1.26. The molecule has 1 aliphatic carbocycles. The Labute approximate surface area is 123 Å². The Balaban J connectivity index is 2.39. The van der Waals surface area contributed by atoms with Crippen LogP contribution in [0.5, 0.6) is 0 Å². The summed E-state index contributed by atoms with van der Waals surface area (Å²) >= 11 is 0. The van der Waals surface area contributed by atoms with Crippen LogP contribution in [0.3, 0.4) is 0 Å². The van der Waals surface area contributed by atoms with E-state index in [9.17, 15) is 13.2 Å². The lowest BCUT2D eigenvalue weighted by Crippen LogP contribution is -2.35. The van der Waals surface area contributed by atoms with Crippen LogP contribution in [0.1, 0.15) is 30.4 Å². The van der Waals surface area contributed by atoms with Crippen molar-refractivity contribution in [2.24, 2.45) is 0 Å². The summed E-state index contributed by atoms with van der Waals surface area (Å²) in [4.78, 5) is 10.8. The molecule has 6 nitrogen and oxygen atoms in total. The molecule has 0 aromatic heterocycles. The van der Waals surface area contributed by atoms with Crippen LogP contribution in [0.25, 0.3) is 0 Å². The van der Waals surface area contributed by atoms with E-state index in [0.29, 0.717) is 5.56 Å². The molecule has 0 spiro atoms. The molecule has 1 fully saturated rings. The predicted molar refractivity (Wildman–Crippen MR) is 75.1 cm³/mol. The van der Waals surface area contributed by atoms with Gasteiger partial charge < -0.3 is 5.11 Å². The Hall–Kier alpha value is -1.91. The quantitative estimate of drug-likeness (QED) is 0.858. The first kappa shape index (κ1) is 15.5. The molecular weight excluding hydrogens is 292 g/mol. The number of hydrogen-bond donors (Lipinski definition) is 1. The van der Waals surface area contributed by atoms with Crippen molar-refractivity contribution in [3.05, 3.63) is 29.3 Å². The van der Waals surface area contributed by atoms with Gasteiger partial charge in [-0.05, 0) is 37.5 Å². The van der Waals surface area contributed by atoms with Crippen molar-refractivity contribution in [2.75, 3.05) is 6.54 Å². The number of aliphatic carboxylic acids is 1. The van der Waals surface area contributed by atoms with Crippen LogP contribution in [-0.2, 0) is 14.8 Å². The average molecular weight is 308 g/mol. The molecule has 0 radical (unpaired) electrons. The van der Waals surface area contributed by atoms with E-state index < -0.39 is 16.0 Å². The van der Waals surface area contributed by atoms with Gasteiger partial charge in [-0.3, -0.25) is 4.79 Å². The molecule has 0 amide bonds. The number of nitriles is 1. The summed E-state index contributed by atoms with van der Waals surface area (Å²) in [6.45, 7) is 1.62. The highest BCUT2D eigenvalue weighted by Crippen LogP contribution is 2.33. The zero-order valence-electron chi connectivity index (χ0n) is 11.6. The lowest BCUT2D eigenvalue weighted by molar-refractivity contribution is -0.137. The zero-order valence-corrected chi connectivity index (χ0v) is 12.4. The van der Waals surface area contributed by atoms with E-state index in [1.807, 2.05) is 6.07 Å². The van der Waals surface area contributed by atoms with Gasteiger partial charge in [-0.2, -0.15) is 9.57 Å². The topological polar surface area (TPSA) is 98.5 Å². The van der Waals surface area contributed by atoms with Gasteiger partial charge in [0.2, 0.25) is 10.0 Å². The first-order chi connectivity index (χ1) is 9.86. The van der Waals surface area contributed by atoms with Crippen molar-refractivity contribution in [1.82, 2.24) is 4.31 Å². The van der Waals surface area contributed by atoms with Crippen molar-refractivity contribution in [2.45, 2.75) is 37.1 Å². The molecule has 2 rings (SSSR count). The Kier molecular flexibility index (Phi) is 4.30. The van der Waals surface area contributed by atoms with Gasteiger partial charge in [0.05, 0.1) is 22.9 Å². The third-order valence-corrected chi connectivity index (χ3v) is 5.50. The Morgan fingerprint density at radius 1 is 1.48 bits per heavy atom. The largest absolute Gasteiger partial charge is 0.481 e. The van der Waals surface area contributed by atoms with Gasteiger partial charge in [-0.25, -0.2) is 8.42 Å². The molecule has 7 heteroatoms. The second-order valence-corrected chi connectivity index (χ2v) is 6.94. The normalized spacial score (nSPS) is 14.9. The van der Waals surface area contributed by atoms with Gasteiger partial charge in [0.1, 0.15) is 0 Å². The maximum Gasteiger partial charge on any atom is 0.304 e. The average Bonchev–Trinajstić information content (AvgIpc) is 3.23. The van der Waals surface area contributed by atoms with Crippen molar-refractivity contribution in [3.63, 3.8) is 0 Å². The van der Waals surface area contributed by atoms with E-state index >= 15 is 0 Å². The van der Waals surface area contributed by atoms with Gasteiger partial charge in [-0.1, -0.05) is 6.07 Å². The van der Waals surface area contributed by atoms with Gasteiger partial charge >= 0.3 is 5.97 Å². The maximum atomic E-state index is 12.7. The van der Waals surface area contributed by atoms with Crippen LogP contribution in [0.15, 0.2) is 23.1 Å². The number of carbonyl (C=O) groups is 1. The van der Waals surface area contributed by atoms with E-state index in [-0.39, 0.29) is 29.5 Å². The minimum atomic E-state index is -3.78. The zero-order chi connectivity index (χ0) is 15.6. The second kappa shape index (κ2) is 5.84. The Morgan fingerprint density at radius 2 is 2.14 bits per heavy atom. The van der Waals surface area contributed by atoms with Crippen LogP contribution in [0.4, 0.5) is 0 Å². The van der Waals surface area contributed by atoms with Gasteiger partial charge in [0.25, 0.3) is 0 Å². The Morgan fingerprint density at radius 3 is 2.67 bits per heavy atom. The molecule has 0 heterocycles. The van der Waals surface area contributed by atoms with E-state index in [1.165, 1.54) is 10.4 Å². The minimum absolute atomic E-state index is 0.0431. The molecule has 1 saturated carbocycles. The standard InChI is InChI=1S/C14H16N2O4S/c1-10-2-3-11(9-15)8-13(10)21(19,20)16(12-4-5-12)7-6-14(17)18/h2-3,8,12H,4-7H2,1H3,(H,17,18). The first-order valence-corrected chi connectivity index (χ1v) is 8.04. The number of sulfonamides is 1. The maximum absolute atomic E-state index is 12.7. The lowest BCUT2D eigenvalue weighted by atomic mass is 10.2. The Bertz CT molecular complexity index is 702. The molecule has 0 atom stereocenters. The van der Waals surface area contributed by atoms with Gasteiger partial charge in [0.15, 0.2) is 0 Å². The number of aryl methyl sites for hydroxylation is 1. The molecule has 0 unspecified atom stereocenters. The molecule has 21 heavy (non-hydrogen) atoms. The van der Waals surface area contributed by atoms with Crippen LogP contribution < -0.4 is 0 Å². The highest BCUT2D eigenvalue weighted by molar-refractivity contribution is 7.89. The highest BCUT2D eigenvalue weighted by atomic mass is 32.2. The molecule has 1 N–H and O–H groups in total. The monoisotopic (exact) mass is 308 g/mol. The fourth-order valence-corrected chi connectivity index (χ4v) is 4.08. The van der Waals surface area contributed by atoms with Crippen LogP contribution >= 0.6 is 0 Å². The van der Waals surface area contributed by atoms with Gasteiger partial charge in [0, 0.05) is 12.6 Å². The van der Waals surface area contributed by atoms with E-state index in [1.54, 1.807) is 19.1 Å². The summed E-state index contributed by atoms with van der Waals surface area (Å²) in [5, 5.41) is 17.7. The summed E-state index contributed by atoms with van der Waals surface area (Å²) in [6, 6.07) is 6.30. The molecule has 1 aromatic carbocycles. The predicted octanol–water partition coefficient (Wildman–Crippen LogP) is 1.49. The van der Waals surface area contributed by atoms with Crippen LogP contribution in [0, 0.1) is 18.3 Å². The second-order valence-electron chi connectivity index (χ2n) is 5.08. The first-order valence-electron chi connectivity index (χ1n) is 6.60. The molecule has 112 valence electrons. The van der Waals surface area contributed by atoms with Crippen molar-refractivity contribution in [1.29, 1.82) is 5.26 Å². The molecule has 0 bridgehead atoms. The molecule has 1 aliphatic rings. The number of carboxylic acids is 1. The van der Waals surface area contributed by atoms with E-state index in [2.05, 4.69) is 0 Å². The number of rotatable bonds is 6. The van der Waals surface area contributed by atoms with Crippen LogP contribution in [0.2, 0.25) is 0 Å². The number of carboxylic acid groups (broad SMARTS) is 1. The fourth-order valence-electron chi connectivity index (χ4n) is 2.14. The highest BCUT2D eigenvalue weighted by Gasteiger charge is 2.38. The molecule has 0 aliphatic heterocycles. The van der Waals surface area contributed by atoms with Crippen molar-refractivity contribution < 1.29 is 18.3 Å². The summed E-state index contributed by atoms with van der Waals surface area (Å²) in [5.74, 6) is -1.03. The SMILES string of the molecule is Cc1ccc(C#N)cc1S(=O)(=O)N(CCC(=O)O)C1CC1. The fraction of sp³-hybridized carbons (Fsp3) is 0.429. The van der Waals surface area contributed by atoms with Crippen molar-refractivity contribution in [3.8, 4) is 6.07 Å². The third-order valence-electron chi connectivity index (χ3n) is 3.40. The van der Waals surface area contributed by atoms with E-state index in [0.717, 1.165) is 12.8 Å². The minimum Gasteiger partial charge on any atom is -0.481 e. The lowest BCUT2D eigenvalue weighted by Gasteiger charge is -2.22. The molecule has 1 aromatic rings. The summed E-state index contributed by atoms with van der Waals surface area (Å²) in [7, 11) is -3.78. The van der Waals surface area contributed by atoms with Crippen molar-refractivity contribution >= 4 is 16.0 Å². The smallest absolute Gasteiger partial charge is 0.304 e. The number of benzene rings is 1. The number of hydrogen-bond acceptors (Lipinski definition) is 4. The van der Waals surface area contributed by atoms with Gasteiger partial charge in [-0.15, -0.1) is 0 Å². The summed E-state index contributed by atoms with van der Waals surface area (Å²) < 4.78 is 26.7. The molecular formula is C14H16N2O4S. The molecule has 0 saturated heterocycles. The van der Waals surface area contributed by atoms with Crippen LogP contribution in [-0.4, -0.2) is 36.4 Å². The third kappa shape index (κ3) is 3.40. The number of nitrogens with zero attached hydrogens (tertiary/aromatic N) is 2. The summed E-state index contributed by atoms with van der Waals surface area (Å²) in [5.41, 5.74) is 0.822. The van der Waals surface area contributed by atoms with E-state index in [4.69, 9.17) is 10.4 Å².